The van der Waals surface area contributed by atoms with Crippen LogP contribution in [0.15, 0.2) is 42.5 Å². The highest BCUT2D eigenvalue weighted by Crippen LogP contribution is 2.36. The number of hydrogen-bond donors (Lipinski definition) is 3. The summed E-state index contributed by atoms with van der Waals surface area (Å²) in [7, 11) is 0. The van der Waals surface area contributed by atoms with Crippen molar-refractivity contribution in [2.24, 2.45) is 0 Å². The Morgan fingerprint density at radius 3 is 2.75 bits per heavy atom. The summed E-state index contributed by atoms with van der Waals surface area (Å²) in [6.45, 7) is 0. The number of aryl methyl sites for hydroxylation is 1. The zero-order valence-electron chi connectivity index (χ0n) is 14.7. The van der Waals surface area contributed by atoms with Gasteiger partial charge in [-0.05, 0) is 49.1 Å². The molecule has 1 unspecified atom stereocenters. The van der Waals surface area contributed by atoms with E-state index in [9.17, 15) is 18.0 Å². The molecular weight excluding hydrogens is 391 g/mol. The Balaban J connectivity index is 1.45. The van der Waals surface area contributed by atoms with Crippen LogP contribution in [0.2, 0.25) is 5.02 Å². The maximum atomic E-state index is 13.0. The minimum absolute atomic E-state index is 0.0396. The van der Waals surface area contributed by atoms with Gasteiger partial charge in [-0.15, -0.1) is 0 Å². The van der Waals surface area contributed by atoms with Crippen molar-refractivity contribution in [1.82, 2.24) is 10.3 Å². The van der Waals surface area contributed by atoms with Crippen molar-refractivity contribution in [2.75, 3.05) is 5.32 Å². The number of rotatable bonds is 2. The van der Waals surface area contributed by atoms with E-state index in [0.717, 1.165) is 35.9 Å². The maximum absolute atomic E-state index is 13.0. The number of urea groups is 1. The van der Waals surface area contributed by atoms with Crippen LogP contribution >= 0.6 is 11.6 Å². The van der Waals surface area contributed by atoms with Crippen LogP contribution in [0.5, 0.6) is 0 Å². The number of benzene rings is 2. The number of H-pyrrole nitrogens is 1. The van der Waals surface area contributed by atoms with E-state index >= 15 is 0 Å². The van der Waals surface area contributed by atoms with E-state index in [-0.39, 0.29) is 11.7 Å². The fourth-order valence-corrected chi connectivity index (χ4v) is 3.89. The first-order valence-electron chi connectivity index (χ1n) is 8.84. The largest absolute Gasteiger partial charge is 0.417 e. The molecule has 4 rings (SSSR count). The summed E-state index contributed by atoms with van der Waals surface area (Å²) in [6.07, 6.45) is -2.36. The Hall–Kier alpha value is -2.67. The van der Waals surface area contributed by atoms with Crippen molar-refractivity contribution in [2.45, 2.75) is 31.5 Å². The number of aromatic nitrogens is 1. The van der Waals surface area contributed by atoms with Gasteiger partial charge in [0.15, 0.2) is 0 Å². The Morgan fingerprint density at radius 2 is 1.96 bits per heavy atom. The summed E-state index contributed by atoms with van der Waals surface area (Å²) in [5, 5.41) is 6.06. The predicted molar refractivity (Wildman–Crippen MR) is 103 cm³/mol. The molecule has 3 aromatic rings. The zero-order valence-corrected chi connectivity index (χ0v) is 15.4. The smallest absolute Gasteiger partial charge is 0.358 e. The quantitative estimate of drug-likeness (QED) is 0.514. The first-order chi connectivity index (χ1) is 13.3. The van der Waals surface area contributed by atoms with Crippen LogP contribution in [0.4, 0.5) is 23.7 Å². The van der Waals surface area contributed by atoms with Crippen molar-refractivity contribution in [3.63, 3.8) is 0 Å². The van der Waals surface area contributed by atoms with Gasteiger partial charge >= 0.3 is 12.2 Å². The molecular formula is C20H17ClF3N3O. The van der Waals surface area contributed by atoms with Crippen molar-refractivity contribution in [3.05, 3.63) is 64.3 Å². The molecule has 0 spiro atoms. The highest BCUT2D eigenvalue weighted by atomic mass is 35.5. The molecule has 2 aromatic carbocycles. The Kier molecular flexibility index (Phi) is 4.71. The number of carbonyl (C=O) groups excluding carboxylic acids is 1. The normalized spacial score (nSPS) is 16.6. The molecule has 2 amide bonds. The van der Waals surface area contributed by atoms with Crippen molar-refractivity contribution in [1.29, 1.82) is 0 Å². The number of hydrogen-bond acceptors (Lipinski definition) is 1. The molecule has 0 fully saturated rings. The minimum atomic E-state index is -4.58. The summed E-state index contributed by atoms with van der Waals surface area (Å²) < 4.78 is 38.9. The van der Waals surface area contributed by atoms with Gasteiger partial charge < -0.3 is 15.6 Å². The first-order valence-corrected chi connectivity index (χ1v) is 9.22. The topological polar surface area (TPSA) is 56.9 Å². The second-order valence-electron chi connectivity index (χ2n) is 6.86. The molecule has 1 aliphatic rings. The summed E-state index contributed by atoms with van der Waals surface area (Å²) in [5.41, 5.74) is 2.48. The highest BCUT2D eigenvalue weighted by molar-refractivity contribution is 6.31. The van der Waals surface area contributed by atoms with E-state index in [4.69, 9.17) is 11.6 Å². The lowest BCUT2D eigenvalue weighted by Crippen LogP contribution is -2.41. The number of halogens is 4. The predicted octanol–water partition coefficient (Wildman–Crippen LogP) is 5.52. The lowest BCUT2D eigenvalue weighted by Gasteiger charge is -2.24. The molecule has 146 valence electrons. The van der Waals surface area contributed by atoms with Gasteiger partial charge in [0.2, 0.25) is 0 Å². The number of alkyl halides is 3. The molecule has 0 aliphatic heterocycles. The third kappa shape index (κ3) is 3.67. The minimum Gasteiger partial charge on any atom is -0.358 e. The second kappa shape index (κ2) is 7.05. The van der Waals surface area contributed by atoms with E-state index in [1.54, 1.807) is 0 Å². The van der Waals surface area contributed by atoms with E-state index in [2.05, 4.69) is 15.6 Å². The van der Waals surface area contributed by atoms with Gasteiger partial charge in [0.25, 0.3) is 0 Å². The fraction of sp³-hybridized carbons (Fsp3) is 0.250. The molecule has 0 saturated heterocycles. The summed E-state index contributed by atoms with van der Waals surface area (Å²) in [4.78, 5) is 15.7. The van der Waals surface area contributed by atoms with Crippen LogP contribution < -0.4 is 10.6 Å². The van der Waals surface area contributed by atoms with Crippen LogP contribution in [0.25, 0.3) is 10.9 Å². The van der Waals surface area contributed by atoms with E-state index in [0.29, 0.717) is 6.42 Å². The summed E-state index contributed by atoms with van der Waals surface area (Å²) >= 11 is 5.61. The van der Waals surface area contributed by atoms with Crippen LogP contribution in [-0.4, -0.2) is 17.1 Å². The monoisotopic (exact) mass is 407 g/mol. The number of nitrogens with one attached hydrogen (secondary N) is 3. The number of amides is 2. The number of anilines is 1. The zero-order chi connectivity index (χ0) is 19.9. The van der Waals surface area contributed by atoms with E-state index in [1.165, 1.54) is 17.3 Å². The van der Waals surface area contributed by atoms with Gasteiger partial charge in [-0.25, -0.2) is 4.79 Å². The molecule has 1 atom stereocenters. The summed E-state index contributed by atoms with van der Waals surface area (Å²) in [5.74, 6) is 0. The van der Waals surface area contributed by atoms with Crippen molar-refractivity contribution >= 4 is 34.2 Å². The third-order valence-corrected chi connectivity index (χ3v) is 5.29. The van der Waals surface area contributed by atoms with Gasteiger partial charge in [0, 0.05) is 28.3 Å². The molecule has 1 aromatic heterocycles. The molecule has 0 radical (unpaired) electrons. The maximum Gasteiger partial charge on any atom is 0.417 e. The van der Waals surface area contributed by atoms with Crippen LogP contribution in [0, 0.1) is 0 Å². The number of para-hydroxylation sites is 1. The molecule has 1 aliphatic carbocycles. The lowest BCUT2D eigenvalue weighted by molar-refractivity contribution is -0.137. The average molecular weight is 408 g/mol. The highest BCUT2D eigenvalue weighted by Gasteiger charge is 2.33. The molecule has 28 heavy (non-hydrogen) atoms. The Labute approximate surface area is 164 Å². The molecule has 1 heterocycles. The average Bonchev–Trinajstić information content (AvgIpc) is 3.00. The molecule has 8 heteroatoms. The van der Waals surface area contributed by atoms with Gasteiger partial charge in [-0.3, -0.25) is 0 Å². The van der Waals surface area contributed by atoms with Crippen LogP contribution in [-0.2, 0) is 19.0 Å². The van der Waals surface area contributed by atoms with Crippen molar-refractivity contribution in [3.8, 4) is 0 Å². The Morgan fingerprint density at radius 1 is 1.18 bits per heavy atom. The number of carbonyl (C=O) groups is 1. The molecule has 0 saturated carbocycles. The fourth-order valence-electron chi connectivity index (χ4n) is 3.67. The van der Waals surface area contributed by atoms with E-state index < -0.39 is 22.8 Å². The second-order valence-corrected chi connectivity index (χ2v) is 7.27. The standard InChI is InChI=1S/C20H17ClF3N3O/c21-16-7-5-12(10-15(16)20(22,23)24)26-19(28)25-11-6-8-18-14(9-11)13-3-1-2-4-17(13)27-18/h1-5,7,10-11,27H,6,8-9H2,(H2,25,26,28). The van der Waals surface area contributed by atoms with Gasteiger partial charge in [0.1, 0.15) is 0 Å². The van der Waals surface area contributed by atoms with Crippen LogP contribution in [0.3, 0.4) is 0 Å². The SMILES string of the molecule is O=C(Nc1ccc(Cl)c(C(F)(F)F)c1)NC1CCc2[nH]c3ccccc3c2C1. The van der Waals surface area contributed by atoms with Crippen LogP contribution in [0.1, 0.15) is 23.2 Å². The number of fused-ring (bicyclic) bond motifs is 3. The molecule has 3 N–H and O–H groups in total. The van der Waals surface area contributed by atoms with Gasteiger partial charge in [-0.2, -0.15) is 13.2 Å². The summed E-state index contributed by atoms with van der Waals surface area (Å²) in [6, 6.07) is 10.7. The van der Waals surface area contributed by atoms with E-state index in [1.807, 2.05) is 24.3 Å². The van der Waals surface area contributed by atoms with Gasteiger partial charge in [0.05, 0.1) is 10.6 Å². The van der Waals surface area contributed by atoms with Crippen molar-refractivity contribution < 1.29 is 18.0 Å². The number of aromatic amines is 1. The Bertz CT molecular complexity index is 1040. The molecule has 0 bridgehead atoms. The van der Waals surface area contributed by atoms with Gasteiger partial charge in [-0.1, -0.05) is 29.8 Å². The third-order valence-electron chi connectivity index (χ3n) is 4.96. The lowest BCUT2D eigenvalue weighted by atomic mass is 9.91. The molecule has 4 nitrogen and oxygen atoms in total. The first kappa shape index (κ1) is 18.7.